The van der Waals surface area contributed by atoms with Crippen molar-refractivity contribution in [2.45, 2.75) is 18.9 Å². The van der Waals surface area contributed by atoms with E-state index in [1.807, 2.05) is 62.5 Å². The van der Waals surface area contributed by atoms with Crippen molar-refractivity contribution < 1.29 is 4.79 Å². The van der Waals surface area contributed by atoms with E-state index in [4.69, 9.17) is 0 Å². The number of rotatable bonds is 3. The fourth-order valence-electron chi connectivity index (χ4n) is 4.12. The summed E-state index contributed by atoms with van der Waals surface area (Å²) in [6.07, 6.45) is 8.62. The number of likely N-dealkylation sites (tertiary alicyclic amines) is 1. The Bertz CT molecular complexity index is 1270. The molecule has 29 heavy (non-hydrogen) atoms. The molecule has 0 spiro atoms. The Hall–Kier alpha value is -3.61. The third kappa shape index (κ3) is 3.14. The summed E-state index contributed by atoms with van der Waals surface area (Å²) in [7, 11) is 0. The number of carbonyl (C=O) groups excluding carboxylic acids is 1. The Morgan fingerprint density at radius 2 is 1.90 bits per heavy atom. The summed E-state index contributed by atoms with van der Waals surface area (Å²) in [5, 5.41) is 0. The minimum absolute atomic E-state index is 0.0133. The first-order valence-corrected chi connectivity index (χ1v) is 9.79. The molecule has 1 saturated heterocycles. The fraction of sp³-hybridized carbons (Fsp3) is 0.227. The molecule has 1 fully saturated rings. The largest absolute Gasteiger partial charge is 0.339 e. The lowest BCUT2D eigenvalue weighted by Gasteiger charge is -2.32. The Labute approximate surface area is 166 Å². The third-order valence-electron chi connectivity index (χ3n) is 5.61. The molecule has 1 N–H and O–H groups in total. The summed E-state index contributed by atoms with van der Waals surface area (Å²) in [5.41, 5.74) is 3.42. The first kappa shape index (κ1) is 17.5. The van der Waals surface area contributed by atoms with Gasteiger partial charge >= 0.3 is 5.69 Å². The highest BCUT2D eigenvalue weighted by Crippen LogP contribution is 2.25. The molecule has 1 aromatic carbocycles. The van der Waals surface area contributed by atoms with Gasteiger partial charge in [-0.1, -0.05) is 18.2 Å². The van der Waals surface area contributed by atoms with Gasteiger partial charge in [0.1, 0.15) is 5.65 Å². The number of benzene rings is 1. The number of H-pyrrole nitrogens is 1. The predicted molar refractivity (Wildman–Crippen MR) is 112 cm³/mol. The van der Waals surface area contributed by atoms with Crippen LogP contribution in [-0.4, -0.2) is 42.8 Å². The quantitative estimate of drug-likeness (QED) is 0.549. The standard InChI is InChI=1S/C22H21N5O2/c28-21(9-8-17-15-23-20-7-3-4-12-26(17)20)25-13-10-16(11-14-25)27-19-6-2-1-5-18(19)24-22(27)29/h1-9,12,15-16H,10-11,13-14H2,(H,24,29). The van der Waals surface area contributed by atoms with E-state index in [9.17, 15) is 9.59 Å². The molecule has 3 aromatic heterocycles. The van der Waals surface area contributed by atoms with Crippen LogP contribution in [0.5, 0.6) is 0 Å². The number of carbonyl (C=O) groups is 1. The van der Waals surface area contributed by atoms with Gasteiger partial charge in [-0.05, 0) is 43.2 Å². The second-order valence-electron chi connectivity index (χ2n) is 7.32. The number of imidazole rings is 2. The van der Waals surface area contributed by atoms with Crippen molar-refractivity contribution in [3.8, 4) is 0 Å². The number of aromatic amines is 1. The minimum Gasteiger partial charge on any atom is -0.339 e. The van der Waals surface area contributed by atoms with Gasteiger partial charge in [0.05, 0.1) is 22.9 Å². The van der Waals surface area contributed by atoms with Crippen molar-refractivity contribution in [3.63, 3.8) is 0 Å². The van der Waals surface area contributed by atoms with Crippen LogP contribution in [0, 0.1) is 0 Å². The second kappa shape index (κ2) is 7.09. The van der Waals surface area contributed by atoms with E-state index in [-0.39, 0.29) is 17.6 Å². The molecule has 4 aromatic rings. The first-order valence-electron chi connectivity index (χ1n) is 9.79. The second-order valence-corrected chi connectivity index (χ2v) is 7.32. The maximum Gasteiger partial charge on any atom is 0.326 e. The summed E-state index contributed by atoms with van der Waals surface area (Å²) in [5.74, 6) is -0.0133. The van der Waals surface area contributed by atoms with Gasteiger partial charge in [0.25, 0.3) is 0 Å². The van der Waals surface area contributed by atoms with Gasteiger partial charge in [0.15, 0.2) is 0 Å². The van der Waals surface area contributed by atoms with E-state index >= 15 is 0 Å². The average Bonchev–Trinajstić information content (AvgIpc) is 3.32. The van der Waals surface area contributed by atoms with Gasteiger partial charge in [-0.2, -0.15) is 0 Å². The van der Waals surface area contributed by atoms with E-state index in [0.717, 1.165) is 35.2 Å². The number of aromatic nitrogens is 4. The van der Waals surface area contributed by atoms with Crippen LogP contribution in [0.3, 0.4) is 0 Å². The van der Waals surface area contributed by atoms with Gasteiger partial charge in [0, 0.05) is 31.4 Å². The van der Waals surface area contributed by atoms with Crippen molar-refractivity contribution in [2.24, 2.45) is 0 Å². The molecule has 1 aliphatic heterocycles. The van der Waals surface area contributed by atoms with Crippen LogP contribution in [0.4, 0.5) is 0 Å². The first-order chi connectivity index (χ1) is 14.2. The maximum absolute atomic E-state index is 12.6. The SMILES string of the molecule is O=C(C=Cc1cnc2ccccn12)N1CCC(n2c(=O)[nH]c3ccccc32)CC1. The maximum atomic E-state index is 12.6. The molecule has 0 bridgehead atoms. The number of pyridine rings is 1. The van der Waals surface area contributed by atoms with Crippen molar-refractivity contribution in [1.29, 1.82) is 0 Å². The zero-order chi connectivity index (χ0) is 19.8. The number of amides is 1. The predicted octanol–water partition coefficient (Wildman–Crippen LogP) is 2.85. The van der Waals surface area contributed by atoms with E-state index in [2.05, 4.69) is 9.97 Å². The summed E-state index contributed by atoms with van der Waals surface area (Å²) in [6, 6.07) is 13.6. The van der Waals surface area contributed by atoms with Crippen LogP contribution in [0.1, 0.15) is 24.6 Å². The van der Waals surface area contributed by atoms with Crippen LogP contribution in [0.25, 0.3) is 22.8 Å². The van der Waals surface area contributed by atoms with E-state index < -0.39 is 0 Å². The molecule has 7 heteroatoms. The molecule has 0 unspecified atom stereocenters. The number of nitrogens with one attached hydrogen (secondary N) is 1. The molecule has 1 aliphatic rings. The molecule has 0 saturated carbocycles. The molecular formula is C22H21N5O2. The normalized spacial score (nSPS) is 15.7. The van der Waals surface area contributed by atoms with Crippen LogP contribution in [-0.2, 0) is 4.79 Å². The van der Waals surface area contributed by atoms with E-state index in [1.54, 1.807) is 18.3 Å². The molecule has 146 valence electrons. The highest BCUT2D eigenvalue weighted by Gasteiger charge is 2.25. The lowest BCUT2D eigenvalue weighted by Crippen LogP contribution is -2.39. The fourth-order valence-corrected chi connectivity index (χ4v) is 4.12. The van der Waals surface area contributed by atoms with Crippen molar-refractivity contribution in [1.82, 2.24) is 23.8 Å². The van der Waals surface area contributed by atoms with E-state index in [1.165, 1.54) is 0 Å². The zero-order valence-electron chi connectivity index (χ0n) is 15.9. The molecule has 0 atom stereocenters. The molecular weight excluding hydrogens is 366 g/mol. The lowest BCUT2D eigenvalue weighted by atomic mass is 10.0. The van der Waals surface area contributed by atoms with Crippen molar-refractivity contribution in [3.05, 3.63) is 77.1 Å². The Morgan fingerprint density at radius 3 is 2.76 bits per heavy atom. The number of fused-ring (bicyclic) bond motifs is 2. The lowest BCUT2D eigenvalue weighted by molar-refractivity contribution is -0.127. The van der Waals surface area contributed by atoms with Gasteiger partial charge in [-0.15, -0.1) is 0 Å². The summed E-state index contributed by atoms with van der Waals surface area (Å²) >= 11 is 0. The smallest absolute Gasteiger partial charge is 0.326 e. The van der Waals surface area contributed by atoms with Crippen molar-refractivity contribution >= 4 is 28.7 Å². The van der Waals surface area contributed by atoms with Gasteiger partial charge < -0.3 is 14.3 Å². The van der Waals surface area contributed by atoms with Crippen LogP contribution in [0.2, 0.25) is 0 Å². The number of hydrogen-bond acceptors (Lipinski definition) is 3. The molecule has 5 rings (SSSR count). The highest BCUT2D eigenvalue weighted by molar-refractivity contribution is 5.91. The van der Waals surface area contributed by atoms with Gasteiger partial charge in [0.2, 0.25) is 5.91 Å². The third-order valence-corrected chi connectivity index (χ3v) is 5.61. The monoisotopic (exact) mass is 387 g/mol. The van der Waals surface area contributed by atoms with Gasteiger partial charge in [-0.3, -0.25) is 9.36 Å². The van der Waals surface area contributed by atoms with Crippen LogP contribution >= 0.6 is 0 Å². The van der Waals surface area contributed by atoms with Crippen LogP contribution < -0.4 is 5.69 Å². The summed E-state index contributed by atoms with van der Waals surface area (Å²) < 4.78 is 3.78. The number of nitrogens with zero attached hydrogens (tertiary/aromatic N) is 4. The summed E-state index contributed by atoms with van der Waals surface area (Å²) in [6.45, 7) is 1.26. The number of para-hydroxylation sites is 2. The molecule has 7 nitrogen and oxygen atoms in total. The molecule has 4 heterocycles. The minimum atomic E-state index is -0.0801. The Balaban J connectivity index is 1.28. The Morgan fingerprint density at radius 1 is 1.10 bits per heavy atom. The summed E-state index contributed by atoms with van der Waals surface area (Å²) in [4.78, 5) is 34.1. The number of hydrogen-bond donors (Lipinski definition) is 1. The van der Waals surface area contributed by atoms with E-state index in [0.29, 0.717) is 13.1 Å². The zero-order valence-corrected chi connectivity index (χ0v) is 15.9. The topological polar surface area (TPSA) is 75.4 Å². The molecule has 1 amide bonds. The average molecular weight is 387 g/mol. The highest BCUT2D eigenvalue weighted by atomic mass is 16.2. The Kier molecular flexibility index (Phi) is 4.27. The molecule has 0 aliphatic carbocycles. The van der Waals surface area contributed by atoms with Gasteiger partial charge in [-0.25, -0.2) is 9.78 Å². The van der Waals surface area contributed by atoms with Crippen LogP contribution in [0.15, 0.2) is 65.7 Å². The molecule has 0 radical (unpaired) electrons. The van der Waals surface area contributed by atoms with Crippen molar-refractivity contribution in [2.75, 3.05) is 13.1 Å². The number of piperidine rings is 1.